The number of nitrogens with zero attached hydrogens (tertiary/aromatic N) is 1. The van der Waals surface area contributed by atoms with Gasteiger partial charge in [0.05, 0.1) is 6.04 Å². The lowest BCUT2D eigenvalue weighted by Crippen LogP contribution is -2.70. The Labute approximate surface area is 131 Å². The molecule has 0 aromatic heterocycles. The molecule has 0 radical (unpaired) electrons. The van der Waals surface area contributed by atoms with Crippen LogP contribution in [0.4, 0.5) is 30.7 Å². The van der Waals surface area contributed by atoms with Crippen molar-refractivity contribution in [2.45, 2.75) is 30.4 Å². The molecular weight excluding hydrogens is 343 g/mol. The molecule has 9 heteroatoms. The fourth-order valence-corrected chi connectivity index (χ4v) is 3.55. The van der Waals surface area contributed by atoms with Crippen molar-refractivity contribution in [3.8, 4) is 0 Å². The van der Waals surface area contributed by atoms with Crippen LogP contribution in [0.3, 0.4) is 0 Å². The Bertz CT molecular complexity index is 693. The van der Waals surface area contributed by atoms with Crippen LogP contribution in [0.2, 0.25) is 0 Å². The predicted molar refractivity (Wildman–Crippen MR) is 68.4 cm³/mol. The standard InChI is InChI=1S/C15H10F7NO/c16-10-3-1-2-8(6-10)12(24)23-11-5-4-9(7-11)13(23,14(17,18)19)15(20,21)22/h1-6,9,11H,7H2/t9-,11+/m0/s1. The average Bonchev–Trinajstić information content (AvgIpc) is 3.03. The van der Waals surface area contributed by atoms with Gasteiger partial charge in [0.15, 0.2) is 0 Å². The highest BCUT2D eigenvalue weighted by atomic mass is 19.4. The van der Waals surface area contributed by atoms with Gasteiger partial charge in [-0.1, -0.05) is 18.2 Å². The van der Waals surface area contributed by atoms with Crippen LogP contribution < -0.4 is 0 Å². The molecule has 1 saturated heterocycles. The van der Waals surface area contributed by atoms with E-state index in [-0.39, 0.29) is 4.90 Å². The number of carbonyl (C=O) groups is 1. The normalized spacial score (nSPS) is 25.4. The molecule has 1 aliphatic carbocycles. The van der Waals surface area contributed by atoms with Crippen molar-refractivity contribution in [1.29, 1.82) is 0 Å². The maximum atomic E-state index is 13.6. The van der Waals surface area contributed by atoms with Gasteiger partial charge in [0.25, 0.3) is 5.91 Å². The summed E-state index contributed by atoms with van der Waals surface area (Å²) in [6.45, 7) is 0. The molecule has 0 N–H and O–H groups in total. The fraction of sp³-hybridized carbons (Fsp3) is 0.400. The van der Waals surface area contributed by atoms with Crippen molar-refractivity contribution >= 4 is 5.91 Å². The molecule has 2 atom stereocenters. The number of fused-ring (bicyclic) bond motifs is 2. The van der Waals surface area contributed by atoms with Crippen molar-refractivity contribution in [2.75, 3.05) is 0 Å². The van der Waals surface area contributed by atoms with E-state index in [4.69, 9.17) is 0 Å². The highest BCUT2D eigenvalue weighted by Gasteiger charge is 2.81. The number of benzene rings is 1. The zero-order valence-electron chi connectivity index (χ0n) is 11.8. The highest BCUT2D eigenvalue weighted by molar-refractivity contribution is 5.95. The molecule has 0 saturated carbocycles. The van der Waals surface area contributed by atoms with Gasteiger partial charge in [-0.3, -0.25) is 4.79 Å². The lowest BCUT2D eigenvalue weighted by Gasteiger charge is -2.46. The molecule has 1 aliphatic heterocycles. The van der Waals surface area contributed by atoms with E-state index in [0.717, 1.165) is 30.4 Å². The van der Waals surface area contributed by atoms with E-state index in [1.54, 1.807) is 0 Å². The van der Waals surface area contributed by atoms with Gasteiger partial charge in [-0.15, -0.1) is 0 Å². The van der Waals surface area contributed by atoms with E-state index >= 15 is 0 Å². The second kappa shape index (κ2) is 4.97. The summed E-state index contributed by atoms with van der Waals surface area (Å²) in [5.41, 5.74) is -4.86. The molecule has 1 amide bonds. The Hall–Kier alpha value is -2.06. The van der Waals surface area contributed by atoms with Gasteiger partial charge >= 0.3 is 12.4 Å². The number of rotatable bonds is 1. The second-order valence-electron chi connectivity index (χ2n) is 5.74. The third-order valence-corrected chi connectivity index (χ3v) is 4.46. The van der Waals surface area contributed by atoms with E-state index in [0.29, 0.717) is 6.07 Å². The minimum Gasteiger partial charge on any atom is -0.309 e. The van der Waals surface area contributed by atoms with E-state index in [1.165, 1.54) is 0 Å². The minimum atomic E-state index is -5.72. The predicted octanol–water partition coefficient (Wildman–Crippen LogP) is 4.09. The number of halogens is 7. The Balaban J connectivity index is 2.18. The maximum absolute atomic E-state index is 13.6. The van der Waals surface area contributed by atoms with Gasteiger partial charge in [-0.05, 0) is 24.6 Å². The summed E-state index contributed by atoms with van der Waals surface area (Å²) in [4.78, 5) is 12.2. The van der Waals surface area contributed by atoms with Crippen LogP contribution in [0.25, 0.3) is 0 Å². The van der Waals surface area contributed by atoms with E-state index in [2.05, 4.69) is 0 Å². The van der Waals surface area contributed by atoms with Crippen molar-refractivity contribution in [1.82, 2.24) is 4.90 Å². The van der Waals surface area contributed by atoms with Gasteiger partial charge in [0, 0.05) is 11.5 Å². The monoisotopic (exact) mass is 353 g/mol. The Kier molecular flexibility index (Phi) is 3.47. The van der Waals surface area contributed by atoms with Crippen LogP contribution in [0, 0.1) is 11.7 Å². The molecule has 24 heavy (non-hydrogen) atoms. The maximum Gasteiger partial charge on any atom is 0.421 e. The summed E-state index contributed by atoms with van der Waals surface area (Å²) in [5.74, 6) is -4.34. The van der Waals surface area contributed by atoms with Gasteiger partial charge in [0.2, 0.25) is 5.54 Å². The van der Waals surface area contributed by atoms with Crippen LogP contribution in [-0.2, 0) is 0 Å². The molecule has 0 unspecified atom stereocenters. The van der Waals surface area contributed by atoms with Crippen LogP contribution >= 0.6 is 0 Å². The SMILES string of the molecule is O=C(c1cccc(F)c1)N1[C@@H]2C=C[C@@H](C2)C1(C(F)(F)F)C(F)(F)F. The van der Waals surface area contributed by atoms with Gasteiger partial charge < -0.3 is 4.90 Å². The second-order valence-corrected chi connectivity index (χ2v) is 5.74. The van der Waals surface area contributed by atoms with Crippen LogP contribution in [0.15, 0.2) is 36.4 Å². The van der Waals surface area contributed by atoms with E-state index in [9.17, 15) is 35.5 Å². The zero-order chi connectivity index (χ0) is 17.9. The summed E-state index contributed by atoms with van der Waals surface area (Å²) in [6.07, 6.45) is -9.92. The molecule has 1 aromatic carbocycles. The van der Waals surface area contributed by atoms with E-state index in [1.807, 2.05) is 0 Å². The van der Waals surface area contributed by atoms with Crippen LogP contribution in [-0.4, -0.2) is 34.7 Å². The molecular formula is C15H10F7NO. The summed E-state index contributed by atoms with van der Waals surface area (Å²) >= 11 is 0. The molecule has 130 valence electrons. The number of amides is 1. The molecule has 1 fully saturated rings. The Morgan fingerprint density at radius 1 is 1.08 bits per heavy atom. The van der Waals surface area contributed by atoms with Crippen molar-refractivity contribution in [3.63, 3.8) is 0 Å². The fourth-order valence-electron chi connectivity index (χ4n) is 3.55. The molecule has 1 aromatic rings. The van der Waals surface area contributed by atoms with Gasteiger partial charge in [-0.25, -0.2) is 4.39 Å². The lowest BCUT2D eigenvalue weighted by molar-refractivity contribution is -0.336. The Morgan fingerprint density at radius 2 is 1.71 bits per heavy atom. The first kappa shape index (κ1) is 16.8. The smallest absolute Gasteiger partial charge is 0.309 e. The number of carbonyl (C=O) groups excluding carboxylic acids is 1. The quantitative estimate of drug-likeness (QED) is 0.550. The average molecular weight is 353 g/mol. The summed E-state index contributed by atoms with van der Waals surface area (Å²) in [7, 11) is 0. The first-order valence-corrected chi connectivity index (χ1v) is 6.91. The largest absolute Gasteiger partial charge is 0.421 e. The van der Waals surface area contributed by atoms with E-state index < -0.39 is 53.6 Å². The molecule has 2 bridgehead atoms. The van der Waals surface area contributed by atoms with Crippen molar-refractivity contribution < 1.29 is 35.5 Å². The molecule has 2 nitrogen and oxygen atoms in total. The summed E-state index contributed by atoms with van der Waals surface area (Å²) in [6, 6.07) is 2.26. The third kappa shape index (κ3) is 2.06. The zero-order valence-corrected chi connectivity index (χ0v) is 11.8. The number of hydrogen-bond donors (Lipinski definition) is 0. The van der Waals surface area contributed by atoms with Crippen molar-refractivity contribution in [2.24, 2.45) is 5.92 Å². The van der Waals surface area contributed by atoms with Crippen LogP contribution in [0.5, 0.6) is 0 Å². The van der Waals surface area contributed by atoms with Crippen LogP contribution in [0.1, 0.15) is 16.8 Å². The number of alkyl halides is 6. The first-order chi connectivity index (χ1) is 11.0. The minimum absolute atomic E-state index is 0.188. The Morgan fingerprint density at radius 3 is 2.25 bits per heavy atom. The van der Waals surface area contributed by atoms with Gasteiger partial charge in [0.1, 0.15) is 5.82 Å². The van der Waals surface area contributed by atoms with Crippen molar-refractivity contribution in [3.05, 3.63) is 47.8 Å². The third-order valence-electron chi connectivity index (χ3n) is 4.46. The molecule has 0 spiro atoms. The summed E-state index contributed by atoms with van der Waals surface area (Å²) in [5, 5.41) is 0. The first-order valence-electron chi connectivity index (χ1n) is 6.91. The number of likely N-dealkylation sites (tertiary alicyclic amines) is 1. The topological polar surface area (TPSA) is 20.3 Å². The van der Waals surface area contributed by atoms with Gasteiger partial charge in [-0.2, -0.15) is 26.3 Å². The molecule has 3 rings (SSSR count). The summed E-state index contributed by atoms with van der Waals surface area (Å²) < 4.78 is 94.6. The number of hydrogen-bond acceptors (Lipinski definition) is 1. The lowest BCUT2D eigenvalue weighted by atomic mass is 9.83. The molecule has 2 aliphatic rings. The molecule has 1 heterocycles. The highest BCUT2D eigenvalue weighted by Crippen LogP contribution is 2.60.